The minimum absolute atomic E-state index is 0.0503. The molecule has 2 aliphatic heterocycles. The number of likely N-dealkylation sites (tertiary alicyclic amines) is 1. The third-order valence-electron chi connectivity index (χ3n) is 5.92. The SMILES string of the molecule is COc1cccnc1C12CCN(C(=O)c3ccc(OCC(C)(C)F)c(C)c3)CC1OCO2. The summed E-state index contributed by atoms with van der Waals surface area (Å²) in [5.74, 6) is 1.12. The van der Waals surface area contributed by atoms with E-state index in [9.17, 15) is 9.18 Å². The van der Waals surface area contributed by atoms with Gasteiger partial charge in [0.1, 0.15) is 48.0 Å². The molecule has 1 amide bonds. The van der Waals surface area contributed by atoms with Crippen LogP contribution in [0.4, 0.5) is 4.39 Å². The van der Waals surface area contributed by atoms with Crippen LogP contribution in [-0.2, 0) is 15.1 Å². The summed E-state index contributed by atoms with van der Waals surface area (Å²) in [4.78, 5) is 19.5. The van der Waals surface area contributed by atoms with Gasteiger partial charge in [0.2, 0.25) is 0 Å². The number of methoxy groups -OCH3 is 1. The summed E-state index contributed by atoms with van der Waals surface area (Å²) in [6.07, 6.45) is 1.90. The molecular weight excluding hydrogens is 415 g/mol. The zero-order chi connectivity index (χ0) is 22.9. The van der Waals surface area contributed by atoms with Gasteiger partial charge in [-0.15, -0.1) is 0 Å². The van der Waals surface area contributed by atoms with Gasteiger partial charge >= 0.3 is 0 Å². The molecule has 8 heteroatoms. The molecule has 7 nitrogen and oxygen atoms in total. The number of benzene rings is 1. The number of halogens is 1. The lowest BCUT2D eigenvalue weighted by atomic mass is 9.84. The highest BCUT2D eigenvalue weighted by atomic mass is 19.1. The van der Waals surface area contributed by atoms with E-state index < -0.39 is 11.3 Å². The topological polar surface area (TPSA) is 70.1 Å². The lowest BCUT2D eigenvalue weighted by molar-refractivity contribution is -0.0484. The predicted molar refractivity (Wildman–Crippen MR) is 116 cm³/mol. The second-order valence-corrected chi connectivity index (χ2v) is 8.85. The van der Waals surface area contributed by atoms with Crippen LogP contribution in [-0.4, -0.2) is 61.2 Å². The highest BCUT2D eigenvalue weighted by molar-refractivity contribution is 5.94. The summed E-state index contributed by atoms with van der Waals surface area (Å²) in [7, 11) is 1.60. The lowest BCUT2D eigenvalue weighted by Gasteiger charge is -2.41. The summed E-state index contributed by atoms with van der Waals surface area (Å²) < 4.78 is 36.7. The summed E-state index contributed by atoms with van der Waals surface area (Å²) in [5, 5.41) is 0. The van der Waals surface area contributed by atoms with E-state index >= 15 is 0 Å². The minimum Gasteiger partial charge on any atom is -0.495 e. The molecule has 0 bridgehead atoms. The van der Waals surface area contributed by atoms with Crippen molar-refractivity contribution in [2.45, 2.75) is 44.6 Å². The normalized spacial score (nSPS) is 23.0. The van der Waals surface area contributed by atoms with Gasteiger partial charge in [0, 0.05) is 24.7 Å². The zero-order valence-corrected chi connectivity index (χ0v) is 18.9. The van der Waals surface area contributed by atoms with Crippen molar-refractivity contribution in [2.75, 3.05) is 33.6 Å². The van der Waals surface area contributed by atoms with E-state index in [4.69, 9.17) is 18.9 Å². The maximum absolute atomic E-state index is 13.7. The first-order valence-corrected chi connectivity index (χ1v) is 10.7. The fourth-order valence-electron chi connectivity index (χ4n) is 4.25. The molecule has 2 aliphatic rings. The highest BCUT2D eigenvalue weighted by Gasteiger charge is 2.53. The van der Waals surface area contributed by atoms with Crippen LogP contribution in [0.1, 0.15) is 41.9 Å². The van der Waals surface area contributed by atoms with Crippen molar-refractivity contribution >= 4 is 5.91 Å². The molecule has 2 atom stereocenters. The van der Waals surface area contributed by atoms with E-state index in [-0.39, 0.29) is 25.4 Å². The molecule has 0 N–H and O–H groups in total. The number of hydrogen-bond acceptors (Lipinski definition) is 6. The van der Waals surface area contributed by atoms with Crippen molar-refractivity contribution < 1.29 is 28.1 Å². The molecule has 0 saturated carbocycles. The Balaban J connectivity index is 1.50. The van der Waals surface area contributed by atoms with Crippen molar-refractivity contribution in [3.05, 3.63) is 53.3 Å². The minimum atomic E-state index is -1.43. The van der Waals surface area contributed by atoms with Crippen molar-refractivity contribution in [3.63, 3.8) is 0 Å². The molecule has 1 aromatic heterocycles. The van der Waals surface area contributed by atoms with Gasteiger partial charge in [-0.05, 0) is 56.7 Å². The molecule has 2 fully saturated rings. The second-order valence-electron chi connectivity index (χ2n) is 8.85. The number of hydrogen-bond donors (Lipinski definition) is 0. The first kappa shape index (κ1) is 22.5. The molecule has 0 aliphatic carbocycles. The standard InChI is InChI=1S/C24H29FN2O5/c1-16-12-17(7-8-18(16)30-14-23(2,3)25)22(28)27-11-9-24(20(13-27)31-15-32-24)21-19(29-4)6-5-10-26-21/h5-8,10,12,20H,9,11,13-15H2,1-4H3. The number of alkyl halides is 1. The fourth-order valence-corrected chi connectivity index (χ4v) is 4.25. The Bertz CT molecular complexity index is 993. The summed E-state index contributed by atoms with van der Waals surface area (Å²) in [5.41, 5.74) is -0.136. The number of carbonyl (C=O) groups excluding carboxylic acids is 1. The summed E-state index contributed by atoms with van der Waals surface area (Å²) in [6, 6.07) is 8.87. The van der Waals surface area contributed by atoms with Gasteiger partial charge in [-0.3, -0.25) is 9.78 Å². The molecule has 1 aromatic carbocycles. The monoisotopic (exact) mass is 444 g/mol. The lowest BCUT2D eigenvalue weighted by Crippen LogP contribution is -2.54. The van der Waals surface area contributed by atoms with Crippen molar-refractivity contribution in [1.29, 1.82) is 0 Å². The largest absolute Gasteiger partial charge is 0.495 e. The highest BCUT2D eigenvalue weighted by Crippen LogP contribution is 2.45. The van der Waals surface area contributed by atoms with Gasteiger partial charge in [0.15, 0.2) is 0 Å². The summed E-state index contributed by atoms with van der Waals surface area (Å²) in [6.45, 7) is 5.74. The number of ether oxygens (including phenoxy) is 4. The van der Waals surface area contributed by atoms with Crippen molar-refractivity contribution in [3.8, 4) is 11.5 Å². The van der Waals surface area contributed by atoms with E-state index in [1.165, 1.54) is 13.8 Å². The molecule has 0 spiro atoms. The predicted octanol–water partition coefficient (Wildman–Crippen LogP) is 3.64. The molecule has 3 heterocycles. The van der Waals surface area contributed by atoms with Gasteiger partial charge in [-0.2, -0.15) is 0 Å². The van der Waals surface area contributed by atoms with Crippen molar-refractivity contribution in [2.24, 2.45) is 0 Å². The van der Waals surface area contributed by atoms with Gasteiger partial charge in [-0.25, -0.2) is 4.39 Å². The molecular formula is C24H29FN2O5. The number of pyridine rings is 1. The maximum atomic E-state index is 13.7. The molecule has 32 heavy (non-hydrogen) atoms. The van der Waals surface area contributed by atoms with Gasteiger partial charge < -0.3 is 23.8 Å². The number of nitrogens with zero attached hydrogens (tertiary/aromatic N) is 2. The van der Waals surface area contributed by atoms with Crippen LogP contribution in [0.2, 0.25) is 0 Å². The van der Waals surface area contributed by atoms with Crippen LogP contribution >= 0.6 is 0 Å². The Kier molecular flexibility index (Phi) is 6.09. The molecule has 2 unspecified atom stereocenters. The Hall–Kier alpha value is -2.71. The van der Waals surface area contributed by atoms with E-state index in [1.807, 2.05) is 19.1 Å². The number of amides is 1. The quantitative estimate of drug-likeness (QED) is 0.678. The van der Waals surface area contributed by atoms with E-state index in [0.29, 0.717) is 42.3 Å². The number of piperidine rings is 1. The zero-order valence-electron chi connectivity index (χ0n) is 18.9. The number of aryl methyl sites for hydroxylation is 1. The molecule has 2 aromatic rings. The molecule has 4 rings (SSSR count). The average Bonchev–Trinajstić information content (AvgIpc) is 3.21. The van der Waals surface area contributed by atoms with Crippen LogP contribution in [0, 0.1) is 6.92 Å². The van der Waals surface area contributed by atoms with Crippen LogP contribution in [0.25, 0.3) is 0 Å². The smallest absolute Gasteiger partial charge is 0.253 e. The van der Waals surface area contributed by atoms with Crippen LogP contribution in [0.15, 0.2) is 36.5 Å². The van der Waals surface area contributed by atoms with E-state index in [0.717, 1.165) is 5.56 Å². The Morgan fingerprint density at radius 2 is 2.16 bits per heavy atom. The molecule has 172 valence electrons. The van der Waals surface area contributed by atoms with Gasteiger partial charge in [-0.1, -0.05) is 0 Å². The second kappa shape index (κ2) is 8.67. The van der Waals surface area contributed by atoms with Crippen molar-refractivity contribution in [1.82, 2.24) is 9.88 Å². The van der Waals surface area contributed by atoms with Crippen LogP contribution < -0.4 is 9.47 Å². The first-order valence-electron chi connectivity index (χ1n) is 10.7. The third kappa shape index (κ3) is 4.29. The Morgan fingerprint density at radius 3 is 2.88 bits per heavy atom. The fraction of sp³-hybridized carbons (Fsp3) is 0.500. The number of fused-ring (bicyclic) bond motifs is 1. The molecule has 2 saturated heterocycles. The van der Waals surface area contributed by atoms with E-state index in [1.54, 1.807) is 36.4 Å². The number of carbonyl (C=O) groups is 1. The number of aromatic nitrogens is 1. The van der Waals surface area contributed by atoms with Crippen LogP contribution in [0.5, 0.6) is 11.5 Å². The molecule has 0 radical (unpaired) electrons. The Morgan fingerprint density at radius 1 is 1.34 bits per heavy atom. The number of rotatable bonds is 6. The first-order chi connectivity index (χ1) is 15.2. The third-order valence-corrected chi connectivity index (χ3v) is 5.92. The van der Waals surface area contributed by atoms with Gasteiger partial charge in [0.25, 0.3) is 5.91 Å². The average molecular weight is 445 g/mol. The maximum Gasteiger partial charge on any atom is 0.253 e. The Labute approximate surface area is 187 Å². The summed E-state index contributed by atoms with van der Waals surface area (Å²) >= 11 is 0. The van der Waals surface area contributed by atoms with Gasteiger partial charge in [0.05, 0.1) is 13.7 Å². The van der Waals surface area contributed by atoms with E-state index in [2.05, 4.69) is 4.98 Å². The van der Waals surface area contributed by atoms with Crippen LogP contribution in [0.3, 0.4) is 0 Å².